The number of hydrogen-bond acceptors (Lipinski definition) is 6. The van der Waals surface area contributed by atoms with Crippen molar-refractivity contribution in [2.75, 3.05) is 6.54 Å². The highest BCUT2D eigenvalue weighted by Crippen LogP contribution is 2.25. The lowest BCUT2D eigenvalue weighted by Gasteiger charge is -2.21. The molecular formula is C15H23NO6S. The number of nitrogens with one attached hydrogen (secondary N) is 1. The molecule has 1 heterocycles. The van der Waals surface area contributed by atoms with Crippen LogP contribution in [0.25, 0.3) is 0 Å². The fourth-order valence-corrected chi connectivity index (χ4v) is 2.72. The molecule has 0 spiro atoms. The predicted molar refractivity (Wildman–Crippen MR) is 85.5 cm³/mol. The molecule has 0 aliphatic carbocycles. The molecule has 1 amide bonds. The summed E-state index contributed by atoms with van der Waals surface area (Å²) in [6.45, 7) is 5.39. The molecule has 0 aliphatic rings. The van der Waals surface area contributed by atoms with Gasteiger partial charge in [0.15, 0.2) is 0 Å². The van der Waals surface area contributed by atoms with Crippen LogP contribution in [0.2, 0.25) is 0 Å². The van der Waals surface area contributed by atoms with Crippen molar-refractivity contribution in [3.63, 3.8) is 0 Å². The molecule has 2 unspecified atom stereocenters. The minimum atomic E-state index is -1.13. The number of amides is 1. The third-order valence-electron chi connectivity index (χ3n) is 2.81. The van der Waals surface area contributed by atoms with Crippen molar-refractivity contribution in [1.29, 1.82) is 0 Å². The highest BCUT2D eigenvalue weighted by atomic mass is 32.1. The summed E-state index contributed by atoms with van der Waals surface area (Å²) in [6, 6.07) is 1.56. The molecule has 0 saturated heterocycles. The second-order valence-electron chi connectivity index (χ2n) is 6.15. The third kappa shape index (κ3) is 7.45. The Labute approximate surface area is 138 Å². The highest BCUT2D eigenvalue weighted by molar-refractivity contribution is 7.10. The van der Waals surface area contributed by atoms with Gasteiger partial charge in [0.25, 0.3) is 0 Å². The van der Waals surface area contributed by atoms with E-state index in [-0.39, 0.29) is 19.4 Å². The van der Waals surface area contributed by atoms with Crippen LogP contribution in [0.5, 0.6) is 0 Å². The van der Waals surface area contributed by atoms with E-state index in [1.54, 1.807) is 32.2 Å². The first-order chi connectivity index (χ1) is 10.6. The number of carbonyl (C=O) groups is 2. The average Bonchev–Trinajstić information content (AvgIpc) is 2.83. The first kappa shape index (κ1) is 19.4. The predicted octanol–water partition coefficient (Wildman–Crippen LogP) is 1.68. The molecule has 0 fully saturated rings. The summed E-state index contributed by atoms with van der Waals surface area (Å²) in [6.07, 6.45) is -2.76. The number of aliphatic carboxylic acids is 1. The van der Waals surface area contributed by atoms with Crippen LogP contribution >= 0.6 is 11.3 Å². The van der Waals surface area contributed by atoms with Gasteiger partial charge in [0.05, 0.1) is 12.5 Å². The SMILES string of the molecule is CC(C)(C)OC(=O)NCCC(O)C(O)c1csc(CC(=O)O)c1. The zero-order valence-corrected chi connectivity index (χ0v) is 14.2. The van der Waals surface area contributed by atoms with E-state index in [2.05, 4.69) is 5.32 Å². The van der Waals surface area contributed by atoms with Crippen LogP contribution in [0.15, 0.2) is 11.4 Å². The third-order valence-corrected chi connectivity index (χ3v) is 3.77. The molecule has 7 nitrogen and oxygen atoms in total. The monoisotopic (exact) mass is 345 g/mol. The lowest BCUT2D eigenvalue weighted by atomic mass is 10.0. The Kier molecular flexibility index (Phi) is 6.99. The van der Waals surface area contributed by atoms with Gasteiger partial charge in [-0.2, -0.15) is 0 Å². The van der Waals surface area contributed by atoms with Gasteiger partial charge >= 0.3 is 12.1 Å². The summed E-state index contributed by atoms with van der Waals surface area (Å²) in [7, 11) is 0. The van der Waals surface area contributed by atoms with Crippen LogP contribution in [-0.4, -0.2) is 45.6 Å². The molecule has 4 N–H and O–H groups in total. The molecule has 130 valence electrons. The number of rotatable bonds is 7. The van der Waals surface area contributed by atoms with E-state index in [0.717, 1.165) is 0 Å². The molecule has 0 aromatic carbocycles. The summed E-state index contributed by atoms with van der Waals surface area (Å²) in [4.78, 5) is 22.7. The second-order valence-corrected chi connectivity index (χ2v) is 7.14. The number of alkyl carbamates (subject to hydrolysis) is 1. The number of ether oxygens (including phenoxy) is 1. The second kappa shape index (κ2) is 8.28. The summed E-state index contributed by atoms with van der Waals surface area (Å²) in [5, 5.41) is 32.8. The fraction of sp³-hybridized carbons (Fsp3) is 0.600. The molecule has 0 radical (unpaired) electrons. The van der Waals surface area contributed by atoms with Gasteiger partial charge in [-0.05, 0) is 44.2 Å². The molecule has 8 heteroatoms. The number of carboxylic acids is 1. The molecule has 0 bridgehead atoms. The van der Waals surface area contributed by atoms with Crippen LogP contribution in [0.4, 0.5) is 4.79 Å². The first-order valence-electron chi connectivity index (χ1n) is 7.20. The summed E-state index contributed by atoms with van der Waals surface area (Å²) >= 11 is 1.22. The number of carbonyl (C=O) groups excluding carboxylic acids is 1. The van der Waals surface area contributed by atoms with E-state index in [0.29, 0.717) is 10.4 Å². The Morgan fingerprint density at radius 2 is 2.00 bits per heavy atom. The van der Waals surface area contributed by atoms with Crippen molar-refractivity contribution < 1.29 is 29.6 Å². The standard InChI is InChI=1S/C15H23NO6S/c1-15(2,3)22-14(21)16-5-4-11(17)13(20)9-6-10(23-8-9)7-12(18)19/h6,8,11,13,17,20H,4-5,7H2,1-3H3,(H,16,21)(H,18,19). The lowest BCUT2D eigenvalue weighted by molar-refractivity contribution is -0.136. The Hall–Kier alpha value is -1.64. The first-order valence-corrected chi connectivity index (χ1v) is 8.08. The van der Waals surface area contributed by atoms with Crippen LogP contribution < -0.4 is 5.32 Å². The van der Waals surface area contributed by atoms with Gasteiger partial charge in [0.2, 0.25) is 0 Å². The van der Waals surface area contributed by atoms with Gasteiger partial charge in [-0.25, -0.2) is 4.79 Å². The number of aliphatic hydroxyl groups excluding tert-OH is 2. The van der Waals surface area contributed by atoms with Crippen LogP contribution in [0.1, 0.15) is 43.7 Å². The topological polar surface area (TPSA) is 116 Å². The van der Waals surface area contributed by atoms with Gasteiger partial charge in [-0.15, -0.1) is 11.3 Å². The molecular weight excluding hydrogens is 322 g/mol. The molecule has 0 saturated carbocycles. The van der Waals surface area contributed by atoms with Crippen molar-refractivity contribution >= 4 is 23.4 Å². The van der Waals surface area contributed by atoms with Gasteiger partial charge in [-0.1, -0.05) is 0 Å². The fourth-order valence-electron chi connectivity index (χ4n) is 1.81. The summed E-state index contributed by atoms with van der Waals surface area (Å²) in [5.41, 5.74) is -0.129. The van der Waals surface area contributed by atoms with E-state index < -0.39 is 29.9 Å². The van der Waals surface area contributed by atoms with Gasteiger partial charge in [0.1, 0.15) is 11.7 Å². The minimum Gasteiger partial charge on any atom is -0.481 e. The number of hydrogen-bond donors (Lipinski definition) is 4. The van der Waals surface area contributed by atoms with Gasteiger partial charge in [0, 0.05) is 11.4 Å². The largest absolute Gasteiger partial charge is 0.481 e. The normalized spacial score (nSPS) is 14.1. The molecule has 1 rings (SSSR count). The Morgan fingerprint density at radius 1 is 1.35 bits per heavy atom. The Morgan fingerprint density at radius 3 is 2.57 bits per heavy atom. The molecule has 1 aromatic heterocycles. The maximum absolute atomic E-state index is 11.5. The van der Waals surface area contributed by atoms with Crippen LogP contribution in [0, 0.1) is 0 Å². The van der Waals surface area contributed by atoms with Crippen molar-refractivity contribution in [3.8, 4) is 0 Å². The van der Waals surface area contributed by atoms with Gasteiger partial charge < -0.3 is 25.4 Å². The number of thiophene rings is 1. The molecule has 1 aromatic rings. The Balaban J connectivity index is 2.42. The summed E-state index contributed by atoms with van der Waals surface area (Å²) in [5.74, 6) is -0.949. The maximum atomic E-state index is 11.5. The molecule has 0 aliphatic heterocycles. The maximum Gasteiger partial charge on any atom is 0.407 e. The Bertz CT molecular complexity index is 536. The van der Waals surface area contributed by atoms with E-state index in [9.17, 15) is 19.8 Å². The number of carboxylic acid groups (broad SMARTS) is 1. The average molecular weight is 345 g/mol. The number of aliphatic hydroxyl groups is 2. The van der Waals surface area contributed by atoms with Crippen molar-refractivity contribution in [2.45, 2.75) is 51.4 Å². The molecule has 23 heavy (non-hydrogen) atoms. The van der Waals surface area contributed by atoms with Crippen molar-refractivity contribution in [2.24, 2.45) is 0 Å². The van der Waals surface area contributed by atoms with E-state index >= 15 is 0 Å². The van der Waals surface area contributed by atoms with E-state index in [1.807, 2.05) is 0 Å². The smallest absolute Gasteiger partial charge is 0.407 e. The zero-order valence-electron chi connectivity index (χ0n) is 13.4. The van der Waals surface area contributed by atoms with Crippen molar-refractivity contribution in [1.82, 2.24) is 5.32 Å². The van der Waals surface area contributed by atoms with E-state index in [1.165, 1.54) is 11.3 Å². The van der Waals surface area contributed by atoms with E-state index in [4.69, 9.17) is 9.84 Å². The van der Waals surface area contributed by atoms with Gasteiger partial charge in [-0.3, -0.25) is 4.79 Å². The van der Waals surface area contributed by atoms with Crippen LogP contribution in [0.3, 0.4) is 0 Å². The molecule has 2 atom stereocenters. The van der Waals surface area contributed by atoms with Crippen LogP contribution in [-0.2, 0) is 16.0 Å². The lowest BCUT2D eigenvalue weighted by Crippen LogP contribution is -2.34. The zero-order chi connectivity index (χ0) is 17.6. The summed E-state index contributed by atoms with van der Waals surface area (Å²) < 4.78 is 5.06. The quantitative estimate of drug-likeness (QED) is 0.597. The minimum absolute atomic E-state index is 0.117. The highest BCUT2D eigenvalue weighted by Gasteiger charge is 2.21. The van der Waals surface area contributed by atoms with Crippen molar-refractivity contribution in [3.05, 3.63) is 21.9 Å².